The van der Waals surface area contributed by atoms with Crippen LogP contribution in [0.25, 0.3) is 0 Å². The molecule has 1 fully saturated rings. The molecule has 26 heavy (non-hydrogen) atoms. The molecule has 0 saturated carbocycles. The second-order valence-electron chi connectivity index (χ2n) is 5.58. The summed E-state index contributed by atoms with van der Waals surface area (Å²) in [6.45, 7) is 1.70. The normalized spacial score (nSPS) is 15.5. The number of phenolic OH excluding ortho intramolecular Hbond substituents is 1. The fourth-order valence-corrected chi connectivity index (χ4v) is 4.08. The number of furan rings is 1. The number of rotatable bonds is 5. The number of anilines is 1. The largest absolute Gasteiger partial charge is 0.506 e. The molecule has 0 radical (unpaired) electrons. The number of hydrogen-bond acceptors (Lipinski definition) is 6. The third-order valence-electron chi connectivity index (χ3n) is 3.83. The molecular weight excluding hydrogens is 378 g/mol. The molecule has 0 spiro atoms. The SMILES string of the molecule is O=S(=O)(c1ccc(O)c(NC(=S)NCc2ccco2)c1)N1CCOCC1. The Labute approximate surface area is 156 Å². The van der Waals surface area contributed by atoms with Crippen molar-refractivity contribution in [3.8, 4) is 5.75 Å². The number of hydrogen-bond donors (Lipinski definition) is 3. The third kappa shape index (κ3) is 4.33. The standard InChI is InChI=1S/C16H19N3O5S2/c20-15-4-3-13(26(21,22)19-5-8-23-9-6-19)10-14(15)18-16(25)17-11-12-2-1-7-24-12/h1-4,7,10,20H,5-6,8-9,11H2,(H2,17,18,25). The Hall–Kier alpha value is -2.14. The Bertz CT molecular complexity index is 862. The van der Waals surface area contributed by atoms with Gasteiger partial charge < -0.3 is 24.9 Å². The first-order valence-electron chi connectivity index (χ1n) is 7.95. The second-order valence-corrected chi connectivity index (χ2v) is 7.93. The van der Waals surface area contributed by atoms with Crippen molar-refractivity contribution in [3.05, 3.63) is 42.4 Å². The summed E-state index contributed by atoms with van der Waals surface area (Å²) in [6, 6.07) is 7.61. The van der Waals surface area contributed by atoms with Crippen molar-refractivity contribution in [2.45, 2.75) is 11.4 Å². The summed E-state index contributed by atoms with van der Waals surface area (Å²) in [5, 5.41) is 16.0. The van der Waals surface area contributed by atoms with Crippen LogP contribution in [0.5, 0.6) is 5.75 Å². The van der Waals surface area contributed by atoms with Gasteiger partial charge in [0.25, 0.3) is 0 Å². The number of nitrogens with zero attached hydrogens (tertiary/aromatic N) is 1. The number of sulfonamides is 1. The molecule has 0 unspecified atom stereocenters. The highest BCUT2D eigenvalue weighted by molar-refractivity contribution is 7.89. The van der Waals surface area contributed by atoms with Gasteiger partial charge in [0, 0.05) is 13.1 Å². The maximum Gasteiger partial charge on any atom is 0.243 e. The van der Waals surface area contributed by atoms with Crippen molar-refractivity contribution in [3.63, 3.8) is 0 Å². The van der Waals surface area contributed by atoms with Gasteiger partial charge in [-0.3, -0.25) is 0 Å². The molecule has 0 atom stereocenters. The Morgan fingerprint density at radius 2 is 2.04 bits per heavy atom. The molecule has 10 heteroatoms. The van der Waals surface area contributed by atoms with E-state index in [2.05, 4.69) is 10.6 Å². The Morgan fingerprint density at radius 1 is 1.27 bits per heavy atom. The van der Waals surface area contributed by atoms with E-state index < -0.39 is 10.0 Å². The predicted octanol–water partition coefficient (Wildman–Crippen LogP) is 1.49. The molecule has 3 N–H and O–H groups in total. The average molecular weight is 397 g/mol. The van der Waals surface area contributed by atoms with Gasteiger partial charge >= 0.3 is 0 Å². The molecule has 0 aliphatic carbocycles. The van der Waals surface area contributed by atoms with Crippen LogP contribution in [-0.2, 0) is 21.3 Å². The van der Waals surface area contributed by atoms with Gasteiger partial charge in [-0.1, -0.05) is 0 Å². The minimum absolute atomic E-state index is 0.0773. The van der Waals surface area contributed by atoms with Crippen LogP contribution in [0.2, 0.25) is 0 Å². The van der Waals surface area contributed by atoms with Crippen LogP contribution >= 0.6 is 12.2 Å². The van der Waals surface area contributed by atoms with E-state index in [1.807, 2.05) is 0 Å². The Kier molecular flexibility index (Phi) is 5.77. The van der Waals surface area contributed by atoms with Gasteiger partial charge in [-0.05, 0) is 42.5 Å². The van der Waals surface area contributed by atoms with Crippen LogP contribution in [-0.4, -0.2) is 49.2 Å². The van der Waals surface area contributed by atoms with Crippen LogP contribution in [0, 0.1) is 0 Å². The fraction of sp³-hybridized carbons (Fsp3) is 0.312. The minimum Gasteiger partial charge on any atom is -0.506 e. The Morgan fingerprint density at radius 3 is 2.73 bits per heavy atom. The molecule has 1 aromatic heterocycles. The second kappa shape index (κ2) is 8.04. The van der Waals surface area contributed by atoms with Crippen LogP contribution in [0.4, 0.5) is 5.69 Å². The van der Waals surface area contributed by atoms with Crippen LogP contribution in [0.3, 0.4) is 0 Å². The molecule has 2 aromatic rings. The fourth-order valence-electron chi connectivity index (χ4n) is 2.46. The third-order valence-corrected chi connectivity index (χ3v) is 5.97. The molecule has 0 amide bonds. The molecule has 1 saturated heterocycles. The molecule has 1 aliphatic heterocycles. The van der Waals surface area contributed by atoms with Crippen molar-refractivity contribution in [1.29, 1.82) is 0 Å². The van der Waals surface area contributed by atoms with Crippen LogP contribution in [0.15, 0.2) is 45.9 Å². The predicted molar refractivity (Wildman–Crippen MR) is 99.5 cm³/mol. The van der Waals surface area contributed by atoms with E-state index in [9.17, 15) is 13.5 Å². The van der Waals surface area contributed by atoms with Crippen molar-refractivity contribution < 1.29 is 22.7 Å². The first kappa shape index (κ1) is 18.6. The zero-order valence-corrected chi connectivity index (χ0v) is 15.5. The first-order valence-corrected chi connectivity index (χ1v) is 9.80. The van der Waals surface area contributed by atoms with E-state index in [0.29, 0.717) is 38.6 Å². The zero-order valence-electron chi connectivity index (χ0n) is 13.8. The molecule has 1 aliphatic rings. The van der Waals surface area contributed by atoms with Crippen molar-refractivity contribution in [2.24, 2.45) is 0 Å². The number of nitrogens with one attached hydrogen (secondary N) is 2. The minimum atomic E-state index is -3.66. The lowest BCUT2D eigenvalue weighted by Crippen LogP contribution is -2.40. The van der Waals surface area contributed by atoms with E-state index in [1.165, 1.54) is 22.5 Å². The van der Waals surface area contributed by atoms with Crippen molar-refractivity contribution in [2.75, 3.05) is 31.6 Å². The quantitative estimate of drug-likeness (QED) is 0.515. The summed E-state index contributed by atoms with van der Waals surface area (Å²) in [5.41, 5.74) is 0.205. The molecule has 1 aromatic carbocycles. The first-order chi connectivity index (χ1) is 12.5. The van der Waals surface area contributed by atoms with E-state index >= 15 is 0 Å². The summed E-state index contributed by atoms with van der Waals surface area (Å²) in [6.07, 6.45) is 1.55. The summed E-state index contributed by atoms with van der Waals surface area (Å²) in [7, 11) is -3.66. The van der Waals surface area contributed by atoms with Gasteiger partial charge in [-0.2, -0.15) is 4.31 Å². The monoisotopic (exact) mass is 397 g/mol. The lowest BCUT2D eigenvalue weighted by Gasteiger charge is -2.26. The van der Waals surface area contributed by atoms with Crippen LogP contribution < -0.4 is 10.6 Å². The van der Waals surface area contributed by atoms with Gasteiger partial charge in [0.15, 0.2) is 5.11 Å². The zero-order chi connectivity index (χ0) is 18.6. The number of benzene rings is 1. The molecular formula is C16H19N3O5S2. The maximum absolute atomic E-state index is 12.7. The van der Waals surface area contributed by atoms with Crippen molar-refractivity contribution >= 4 is 33.0 Å². The number of thiocarbonyl (C=S) groups is 1. The highest BCUT2D eigenvalue weighted by atomic mass is 32.2. The molecule has 8 nitrogen and oxygen atoms in total. The summed E-state index contributed by atoms with van der Waals surface area (Å²) in [4.78, 5) is 0.0773. The molecule has 0 bridgehead atoms. The maximum atomic E-state index is 12.7. The van der Waals surface area contributed by atoms with E-state index in [-0.39, 0.29) is 21.4 Å². The summed E-state index contributed by atoms with van der Waals surface area (Å²) >= 11 is 5.18. The average Bonchev–Trinajstić information content (AvgIpc) is 3.16. The topological polar surface area (TPSA) is 104 Å². The van der Waals surface area contributed by atoms with E-state index in [1.54, 1.807) is 18.4 Å². The van der Waals surface area contributed by atoms with Gasteiger partial charge in [0.2, 0.25) is 10.0 Å². The molecule has 140 valence electrons. The summed E-state index contributed by atoms with van der Waals surface area (Å²) in [5.74, 6) is 0.593. The molecule has 2 heterocycles. The lowest BCUT2D eigenvalue weighted by molar-refractivity contribution is 0.0730. The van der Waals surface area contributed by atoms with Gasteiger partial charge in [0.1, 0.15) is 11.5 Å². The number of aromatic hydroxyl groups is 1. The highest BCUT2D eigenvalue weighted by Gasteiger charge is 2.27. The lowest BCUT2D eigenvalue weighted by atomic mass is 10.3. The smallest absolute Gasteiger partial charge is 0.243 e. The number of morpholine rings is 1. The van der Waals surface area contributed by atoms with E-state index in [0.717, 1.165) is 0 Å². The van der Waals surface area contributed by atoms with E-state index in [4.69, 9.17) is 21.4 Å². The van der Waals surface area contributed by atoms with Crippen molar-refractivity contribution in [1.82, 2.24) is 9.62 Å². The summed E-state index contributed by atoms with van der Waals surface area (Å²) < 4.78 is 37.2. The number of ether oxygens (including phenoxy) is 1. The number of phenols is 1. The Balaban J connectivity index is 1.71. The highest BCUT2D eigenvalue weighted by Crippen LogP contribution is 2.28. The van der Waals surface area contributed by atoms with Gasteiger partial charge in [-0.25, -0.2) is 8.42 Å². The van der Waals surface area contributed by atoms with Crippen LogP contribution in [0.1, 0.15) is 5.76 Å². The van der Waals surface area contributed by atoms with Gasteiger partial charge in [-0.15, -0.1) is 0 Å². The molecule has 3 rings (SSSR count). The van der Waals surface area contributed by atoms with Gasteiger partial charge in [0.05, 0.1) is 36.6 Å².